The number of aryl methyl sites for hydroxylation is 2. The third-order valence-electron chi connectivity index (χ3n) is 3.77. The summed E-state index contributed by atoms with van der Waals surface area (Å²) in [7, 11) is 0. The lowest BCUT2D eigenvalue weighted by atomic mass is 10.3. The van der Waals surface area contributed by atoms with Crippen LogP contribution in [0.4, 0.5) is 11.9 Å². The van der Waals surface area contributed by atoms with Crippen molar-refractivity contribution in [1.29, 1.82) is 0 Å². The number of hydrogen-bond donors (Lipinski definition) is 1. The SMILES string of the molecule is CCc1cc(CC)n(-c2nc(N)nc(N3CCCC3)n2)n1. The first-order valence-corrected chi connectivity index (χ1v) is 7.56. The van der Waals surface area contributed by atoms with Gasteiger partial charge in [0.2, 0.25) is 11.9 Å². The van der Waals surface area contributed by atoms with Gasteiger partial charge in [-0.05, 0) is 31.7 Å². The molecule has 1 aliphatic rings. The lowest BCUT2D eigenvalue weighted by molar-refractivity contribution is 0.734. The molecule has 0 saturated carbocycles. The van der Waals surface area contributed by atoms with Crippen LogP contribution >= 0.6 is 0 Å². The molecule has 112 valence electrons. The zero-order chi connectivity index (χ0) is 14.8. The molecule has 0 bridgehead atoms. The van der Waals surface area contributed by atoms with Gasteiger partial charge in [0.05, 0.1) is 5.69 Å². The molecule has 2 aromatic heterocycles. The van der Waals surface area contributed by atoms with Gasteiger partial charge in [0.15, 0.2) is 0 Å². The summed E-state index contributed by atoms with van der Waals surface area (Å²) in [4.78, 5) is 15.2. The van der Waals surface area contributed by atoms with Crippen molar-refractivity contribution in [3.63, 3.8) is 0 Å². The Morgan fingerprint density at radius 2 is 1.76 bits per heavy atom. The molecule has 0 aromatic carbocycles. The van der Waals surface area contributed by atoms with E-state index in [0.717, 1.165) is 37.3 Å². The molecule has 2 N–H and O–H groups in total. The highest BCUT2D eigenvalue weighted by molar-refractivity contribution is 5.39. The lowest BCUT2D eigenvalue weighted by Crippen LogP contribution is -2.23. The molecule has 7 heteroatoms. The number of nitrogens with two attached hydrogens (primary N) is 1. The first-order chi connectivity index (χ1) is 10.2. The molecule has 21 heavy (non-hydrogen) atoms. The van der Waals surface area contributed by atoms with Crippen molar-refractivity contribution in [2.45, 2.75) is 39.5 Å². The highest BCUT2D eigenvalue weighted by atomic mass is 15.4. The summed E-state index contributed by atoms with van der Waals surface area (Å²) in [5, 5.41) is 4.57. The number of rotatable bonds is 4. The van der Waals surface area contributed by atoms with Crippen molar-refractivity contribution in [2.75, 3.05) is 23.7 Å². The molecule has 0 amide bonds. The van der Waals surface area contributed by atoms with E-state index in [4.69, 9.17) is 5.73 Å². The number of aromatic nitrogens is 5. The van der Waals surface area contributed by atoms with Crippen molar-refractivity contribution >= 4 is 11.9 Å². The lowest BCUT2D eigenvalue weighted by Gasteiger charge is -2.16. The third-order valence-corrected chi connectivity index (χ3v) is 3.77. The van der Waals surface area contributed by atoms with E-state index in [2.05, 4.69) is 44.9 Å². The Kier molecular flexibility index (Phi) is 3.72. The van der Waals surface area contributed by atoms with Crippen LogP contribution in [0.1, 0.15) is 38.1 Å². The van der Waals surface area contributed by atoms with Crippen LogP contribution in [0.3, 0.4) is 0 Å². The van der Waals surface area contributed by atoms with Crippen LogP contribution in [-0.2, 0) is 12.8 Å². The summed E-state index contributed by atoms with van der Waals surface area (Å²) in [5.74, 6) is 1.42. The fourth-order valence-electron chi connectivity index (χ4n) is 2.60. The highest BCUT2D eigenvalue weighted by Crippen LogP contribution is 2.18. The second kappa shape index (κ2) is 5.67. The fourth-order valence-corrected chi connectivity index (χ4v) is 2.60. The predicted octanol–water partition coefficient (Wildman–Crippen LogP) is 1.36. The maximum Gasteiger partial charge on any atom is 0.257 e. The van der Waals surface area contributed by atoms with Crippen LogP contribution in [0.2, 0.25) is 0 Å². The Bertz CT molecular complexity index is 628. The molecule has 0 aliphatic carbocycles. The van der Waals surface area contributed by atoms with Gasteiger partial charge < -0.3 is 10.6 Å². The van der Waals surface area contributed by atoms with Crippen molar-refractivity contribution in [3.05, 3.63) is 17.5 Å². The molecule has 1 fully saturated rings. The Hall–Kier alpha value is -2.18. The molecular formula is C14H21N7. The van der Waals surface area contributed by atoms with Gasteiger partial charge in [0.25, 0.3) is 5.95 Å². The van der Waals surface area contributed by atoms with E-state index in [1.165, 1.54) is 12.8 Å². The molecule has 7 nitrogen and oxygen atoms in total. The van der Waals surface area contributed by atoms with Crippen molar-refractivity contribution < 1.29 is 0 Å². The first-order valence-electron chi connectivity index (χ1n) is 7.56. The van der Waals surface area contributed by atoms with E-state index >= 15 is 0 Å². The molecule has 2 aromatic rings. The molecule has 0 atom stereocenters. The minimum atomic E-state index is 0.248. The Labute approximate surface area is 124 Å². The Morgan fingerprint density at radius 3 is 2.43 bits per heavy atom. The molecule has 0 spiro atoms. The van der Waals surface area contributed by atoms with Gasteiger partial charge in [-0.3, -0.25) is 0 Å². The van der Waals surface area contributed by atoms with Crippen LogP contribution in [0, 0.1) is 0 Å². The van der Waals surface area contributed by atoms with Crippen LogP contribution < -0.4 is 10.6 Å². The normalized spacial score (nSPS) is 14.9. The number of nitrogens with zero attached hydrogens (tertiary/aromatic N) is 6. The zero-order valence-corrected chi connectivity index (χ0v) is 12.6. The molecule has 1 aliphatic heterocycles. The first kappa shape index (κ1) is 13.8. The molecule has 0 radical (unpaired) electrons. The van der Waals surface area contributed by atoms with Crippen LogP contribution in [0.15, 0.2) is 6.07 Å². The van der Waals surface area contributed by atoms with E-state index in [1.54, 1.807) is 4.68 Å². The maximum absolute atomic E-state index is 5.87. The molecule has 3 heterocycles. The van der Waals surface area contributed by atoms with E-state index in [9.17, 15) is 0 Å². The monoisotopic (exact) mass is 287 g/mol. The minimum absolute atomic E-state index is 0.248. The van der Waals surface area contributed by atoms with Gasteiger partial charge in [-0.1, -0.05) is 13.8 Å². The second-order valence-electron chi connectivity index (χ2n) is 5.23. The highest BCUT2D eigenvalue weighted by Gasteiger charge is 2.18. The Balaban J connectivity index is 2.03. The maximum atomic E-state index is 5.87. The van der Waals surface area contributed by atoms with Crippen LogP contribution in [0.25, 0.3) is 5.95 Å². The Morgan fingerprint density at radius 1 is 1.05 bits per heavy atom. The average molecular weight is 287 g/mol. The zero-order valence-electron chi connectivity index (χ0n) is 12.6. The summed E-state index contributed by atoms with van der Waals surface area (Å²) < 4.78 is 1.79. The number of anilines is 2. The van der Waals surface area contributed by atoms with E-state index in [0.29, 0.717) is 11.9 Å². The fraction of sp³-hybridized carbons (Fsp3) is 0.571. The summed E-state index contributed by atoms with van der Waals surface area (Å²) in [6.07, 6.45) is 4.10. The minimum Gasteiger partial charge on any atom is -0.368 e. The predicted molar refractivity (Wildman–Crippen MR) is 81.6 cm³/mol. The van der Waals surface area contributed by atoms with Gasteiger partial charge >= 0.3 is 0 Å². The van der Waals surface area contributed by atoms with Crippen LogP contribution in [0.5, 0.6) is 0 Å². The largest absolute Gasteiger partial charge is 0.368 e. The van der Waals surface area contributed by atoms with Gasteiger partial charge in [-0.25, -0.2) is 4.68 Å². The van der Waals surface area contributed by atoms with Gasteiger partial charge in [0.1, 0.15) is 0 Å². The van der Waals surface area contributed by atoms with Crippen molar-refractivity contribution in [2.24, 2.45) is 0 Å². The number of hydrogen-bond acceptors (Lipinski definition) is 6. The van der Waals surface area contributed by atoms with E-state index in [-0.39, 0.29) is 5.95 Å². The van der Waals surface area contributed by atoms with Crippen molar-refractivity contribution in [1.82, 2.24) is 24.7 Å². The number of nitrogen functional groups attached to an aromatic ring is 1. The second-order valence-corrected chi connectivity index (χ2v) is 5.23. The smallest absolute Gasteiger partial charge is 0.257 e. The van der Waals surface area contributed by atoms with Crippen LogP contribution in [-0.4, -0.2) is 37.8 Å². The van der Waals surface area contributed by atoms with Gasteiger partial charge in [0, 0.05) is 18.8 Å². The summed E-state index contributed by atoms with van der Waals surface area (Å²) in [6, 6.07) is 2.09. The standard InChI is InChI=1S/C14H21N7/c1-3-10-9-11(4-2)21(19-10)14-17-12(15)16-13(18-14)20-7-5-6-8-20/h9H,3-8H2,1-2H3,(H2,15,16,17,18). The summed E-state index contributed by atoms with van der Waals surface area (Å²) in [5.41, 5.74) is 7.99. The van der Waals surface area contributed by atoms with E-state index in [1.807, 2.05) is 0 Å². The van der Waals surface area contributed by atoms with E-state index < -0.39 is 0 Å². The molecule has 3 rings (SSSR count). The molecule has 1 saturated heterocycles. The topological polar surface area (TPSA) is 85.8 Å². The molecule has 0 unspecified atom stereocenters. The van der Waals surface area contributed by atoms with Crippen molar-refractivity contribution in [3.8, 4) is 5.95 Å². The summed E-state index contributed by atoms with van der Waals surface area (Å²) in [6.45, 7) is 6.13. The summed E-state index contributed by atoms with van der Waals surface area (Å²) >= 11 is 0. The van der Waals surface area contributed by atoms with Gasteiger partial charge in [-0.15, -0.1) is 0 Å². The van der Waals surface area contributed by atoms with Gasteiger partial charge in [-0.2, -0.15) is 20.1 Å². The quantitative estimate of drug-likeness (QED) is 0.914. The third kappa shape index (κ3) is 2.68. The average Bonchev–Trinajstić information content (AvgIpc) is 3.15. The molecular weight excluding hydrogens is 266 g/mol.